The van der Waals surface area contributed by atoms with Crippen LogP contribution in [0.3, 0.4) is 0 Å². The van der Waals surface area contributed by atoms with Crippen molar-refractivity contribution in [3.8, 4) is 11.5 Å². The number of carboxylic acids is 2. The minimum atomic E-state index is -1.94. The molecule has 6 nitrogen and oxygen atoms in total. The first kappa shape index (κ1) is 52.5. The molecule has 0 N–H and O–H groups in total. The molecule has 0 bridgehead atoms. The molecule has 8 heteroatoms. The minimum absolute atomic E-state index is 0.470. The molecular weight excluding hydrogens is 903 g/mol. The van der Waals surface area contributed by atoms with Crippen molar-refractivity contribution in [3.05, 3.63) is 239 Å². The molecule has 0 aliphatic carbocycles. The molecule has 0 aliphatic heterocycles. The molecule has 8 aromatic carbocycles. The van der Waals surface area contributed by atoms with E-state index in [0.29, 0.717) is 0 Å². The lowest BCUT2D eigenvalue weighted by molar-refractivity contribution is -0.315. The number of hydrogen-bond donors (Lipinski definition) is 0. The van der Waals surface area contributed by atoms with Crippen LogP contribution in [-0.4, -0.2) is 26.2 Å². The Hall–Kier alpha value is -6.84. The Balaban J connectivity index is 0.000000199. The first-order valence-corrected chi connectivity index (χ1v) is 27.4. The van der Waals surface area contributed by atoms with Crippen LogP contribution in [0, 0.1) is 41.5 Å². The van der Waals surface area contributed by atoms with E-state index >= 15 is 0 Å². The van der Waals surface area contributed by atoms with Gasteiger partial charge >= 0.3 is 0 Å². The van der Waals surface area contributed by atoms with Crippen LogP contribution in [0.5, 0.6) is 11.5 Å². The fourth-order valence-corrected chi connectivity index (χ4v) is 17.9. The Labute approximate surface area is 416 Å². The lowest BCUT2D eigenvalue weighted by Crippen LogP contribution is -2.33. The zero-order valence-electron chi connectivity index (χ0n) is 41.6. The summed E-state index contributed by atoms with van der Waals surface area (Å²) in [5, 5.41) is 27.5. The van der Waals surface area contributed by atoms with Crippen molar-refractivity contribution in [1.82, 2.24) is 0 Å². The van der Waals surface area contributed by atoms with Crippen LogP contribution in [0.4, 0.5) is 0 Å². The average Bonchev–Trinajstić information content (AvgIpc) is 3.35. The van der Waals surface area contributed by atoms with E-state index in [2.05, 4.69) is 224 Å². The number of carbonyl (C=O) groups excluding carboxylic acids is 2. The number of aryl methyl sites for hydroxylation is 6. The molecule has 0 saturated heterocycles. The summed E-state index contributed by atoms with van der Waals surface area (Å²) in [5.41, 5.74) is 10.4. The smallest absolute Gasteiger partial charge is 0.119 e. The Morgan fingerprint density at radius 3 is 0.786 bits per heavy atom. The third-order valence-electron chi connectivity index (χ3n) is 12.3. The third kappa shape index (κ3) is 13.5. The molecule has 8 rings (SSSR count). The zero-order valence-corrected chi connectivity index (χ0v) is 43.4. The number of carbonyl (C=O) groups is 2. The summed E-state index contributed by atoms with van der Waals surface area (Å²) in [6, 6.07) is 71.8. The van der Waals surface area contributed by atoms with Crippen molar-refractivity contribution in [2.45, 2.75) is 66.7 Å². The second-order valence-corrected chi connectivity index (χ2v) is 24.9. The van der Waals surface area contributed by atoms with Gasteiger partial charge in [0.05, 0.1) is 26.5 Å². The van der Waals surface area contributed by atoms with Crippen LogP contribution in [-0.2, 0) is 21.9 Å². The van der Waals surface area contributed by atoms with Crippen molar-refractivity contribution < 1.29 is 29.3 Å². The molecule has 70 heavy (non-hydrogen) atoms. The van der Waals surface area contributed by atoms with Crippen LogP contribution in [0.25, 0.3) is 0 Å². The lowest BCUT2D eigenvalue weighted by Gasteiger charge is -2.28. The zero-order chi connectivity index (χ0) is 50.3. The highest BCUT2D eigenvalue weighted by atomic mass is 31.2. The van der Waals surface area contributed by atoms with E-state index in [-0.39, 0.29) is 0 Å². The van der Waals surface area contributed by atoms with Gasteiger partial charge in [0.25, 0.3) is 0 Å². The minimum Gasteiger partial charge on any atom is -0.550 e. The van der Waals surface area contributed by atoms with Crippen LogP contribution in [0.1, 0.15) is 57.3 Å². The second-order valence-electron chi connectivity index (χ2n) is 17.9. The van der Waals surface area contributed by atoms with Crippen molar-refractivity contribution in [3.63, 3.8) is 0 Å². The van der Waals surface area contributed by atoms with E-state index in [0.717, 1.165) is 23.8 Å². The summed E-state index contributed by atoms with van der Waals surface area (Å²) in [7, 11) is -0.405. The van der Waals surface area contributed by atoms with Gasteiger partial charge in [0, 0.05) is 11.9 Å². The standard InChI is InChI=1S/2C29H30OP.C4H6O4/c2*1-22-9-5-14-27(17-22)31(28-15-6-10-23(2)18-28,29-16-7-11-24(3)19-29)21-25-12-8-13-26(20-25)30-4;5-3(6)1-2-4(7)8/h2*5-20H,21H2,1-4H3;1-2H2,(H,5,6)(H,7,8)/q2*+1;/p-2. The number of hydrogen-bond acceptors (Lipinski definition) is 6. The van der Waals surface area contributed by atoms with Gasteiger partial charge in [-0.3, -0.25) is 0 Å². The van der Waals surface area contributed by atoms with Gasteiger partial charge in [-0.25, -0.2) is 0 Å². The molecule has 0 spiro atoms. The van der Waals surface area contributed by atoms with Crippen LogP contribution >= 0.6 is 14.5 Å². The fraction of sp³-hybridized carbons (Fsp3) is 0.194. The Bertz CT molecular complexity index is 2610. The molecule has 0 heterocycles. The maximum atomic E-state index is 9.50. The molecule has 0 amide bonds. The van der Waals surface area contributed by atoms with E-state index in [4.69, 9.17) is 9.47 Å². The van der Waals surface area contributed by atoms with E-state index < -0.39 is 39.3 Å². The number of carboxylic acid groups (broad SMARTS) is 2. The molecule has 0 aromatic heterocycles. The highest BCUT2D eigenvalue weighted by Gasteiger charge is 2.47. The number of methoxy groups -OCH3 is 2. The maximum Gasteiger partial charge on any atom is 0.119 e. The molecular formula is C62H64O6P2. The van der Waals surface area contributed by atoms with Gasteiger partial charge in [-0.2, -0.15) is 0 Å². The quantitative estimate of drug-likeness (QED) is 0.0951. The molecule has 0 fully saturated rings. The van der Waals surface area contributed by atoms with Gasteiger partial charge in [-0.05, 0) is 196 Å². The van der Waals surface area contributed by atoms with Gasteiger partial charge in [0.1, 0.15) is 57.9 Å². The van der Waals surface area contributed by atoms with Crippen LogP contribution < -0.4 is 51.5 Å². The van der Waals surface area contributed by atoms with E-state index in [9.17, 15) is 19.8 Å². The van der Waals surface area contributed by atoms with E-state index in [1.54, 1.807) is 14.2 Å². The lowest BCUT2D eigenvalue weighted by atomic mass is 10.2. The van der Waals surface area contributed by atoms with Crippen molar-refractivity contribution in [2.75, 3.05) is 14.2 Å². The fourth-order valence-electron chi connectivity index (χ4n) is 8.93. The SMILES string of the molecule is COc1cccc(C[P+](c2cccc(C)c2)(c2cccc(C)c2)c2cccc(C)c2)c1.COc1cccc(C[P+](c2cccc(C)c2)(c2cccc(C)c2)c2cccc(C)c2)c1.O=C([O-])CCC(=O)[O-]. The van der Waals surface area contributed by atoms with Gasteiger partial charge < -0.3 is 29.3 Å². The topological polar surface area (TPSA) is 98.7 Å². The Morgan fingerprint density at radius 2 is 0.586 bits per heavy atom. The predicted molar refractivity (Wildman–Crippen MR) is 291 cm³/mol. The van der Waals surface area contributed by atoms with E-state index in [1.165, 1.54) is 76.3 Å². The van der Waals surface area contributed by atoms with Gasteiger partial charge in [-0.1, -0.05) is 97.1 Å². The number of ether oxygens (including phenoxy) is 2. The normalized spacial score (nSPS) is 11.0. The molecule has 0 saturated carbocycles. The van der Waals surface area contributed by atoms with Crippen LogP contribution in [0.2, 0.25) is 0 Å². The summed E-state index contributed by atoms with van der Waals surface area (Å²) in [6.45, 7) is 13.1. The Kier molecular flexibility index (Phi) is 18.5. The van der Waals surface area contributed by atoms with Crippen molar-refractivity contribution in [2.24, 2.45) is 0 Å². The number of rotatable bonds is 15. The largest absolute Gasteiger partial charge is 0.550 e. The summed E-state index contributed by atoms with van der Waals surface area (Å²) in [4.78, 5) is 19.0. The molecule has 0 radical (unpaired) electrons. The highest BCUT2D eigenvalue weighted by molar-refractivity contribution is 7.95. The van der Waals surface area contributed by atoms with Gasteiger partial charge in [-0.15, -0.1) is 0 Å². The van der Waals surface area contributed by atoms with Crippen molar-refractivity contribution in [1.29, 1.82) is 0 Å². The maximum absolute atomic E-state index is 9.50. The predicted octanol–water partition coefficient (Wildman–Crippen LogP) is 9.50. The third-order valence-corrected chi connectivity index (χ3v) is 20.9. The monoisotopic (exact) mass is 966 g/mol. The van der Waals surface area contributed by atoms with Gasteiger partial charge in [0.15, 0.2) is 0 Å². The average molecular weight is 967 g/mol. The summed E-state index contributed by atoms with van der Waals surface area (Å²) < 4.78 is 11.1. The molecule has 0 unspecified atom stereocenters. The van der Waals surface area contributed by atoms with E-state index in [1.807, 2.05) is 12.1 Å². The molecule has 0 aliphatic rings. The molecule has 0 atom stereocenters. The number of benzene rings is 8. The number of aliphatic carboxylic acids is 2. The molecule has 8 aromatic rings. The first-order chi connectivity index (χ1) is 33.6. The highest BCUT2D eigenvalue weighted by Crippen LogP contribution is 2.60. The van der Waals surface area contributed by atoms with Crippen molar-refractivity contribution >= 4 is 58.3 Å². The van der Waals surface area contributed by atoms with Gasteiger partial charge in [0.2, 0.25) is 0 Å². The summed E-state index contributed by atoms with van der Waals surface area (Å²) >= 11 is 0. The summed E-state index contributed by atoms with van der Waals surface area (Å²) in [6.07, 6.45) is 0.978. The first-order valence-electron chi connectivity index (χ1n) is 23.5. The summed E-state index contributed by atoms with van der Waals surface area (Å²) in [5.74, 6) is -0.912. The Morgan fingerprint density at radius 1 is 0.357 bits per heavy atom. The molecule has 358 valence electrons. The van der Waals surface area contributed by atoms with Crippen LogP contribution in [0.15, 0.2) is 194 Å². The second kappa shape index (κ2) is 24.6.